The molecular formula is C10H11BrO4. The highest BCUT2D eigenvalue weighted by atomic mass is 79.9. The number of rotatable bonds is 4. The second-order valence-electron chi connectivity index (χ2n) is 3.00. The fourth-order valence-corrected chi connectivity index (χ4v) is 1.58. The van der Waals surface area contributed by atoms with Gasteiger partial charge in [0.1, 0.15) is 5.75 Å². The van der Waals surface area contributed by atoms with Crippen LogP contribution in [0, 0.1) is 0 Å². The molecule has 0 unspecified atom stereocenters. The van der Waals surface area contributed by atoms with Gasteiger partial charge in [0, 0.05) is 10.0 Å². The van der Waals surface area contributed by atoms with Crippen LogP contribution in [0.1, 0.15) is 18.1 Å². The van der Waals surface area contributed by atoms with E-state index in [1.807, 2.05) is 0 Å². The van der Waals surface area contributed by atoms with Gasteiger partial charge in [-0.3, -0.25) is 4.79 Å². The molecule has 2 N–H and O–H groups in total. The molecule has 0 fully saturated rings. The average Bonchev–Trinajstić information content (AvgIpc) is 2.16. The lowest BCUT2D eigenvalue weighted by Crippen LogP contribution is -2.06. The van der Waals surface area contributed by atoms with E-state index in [9.17, 15) is 9.90 Å². The van der Waals surface area contributed by atoms with Crippen LogP contribution in [0.15, 0.2) is 22.7 Å². The number of aliphatic hydroxyl groups excluding tert-OH is 1. The average molecular weight is 275 g/mol. The van der Waals surface area contributed by atoms with Gasteiger partial charge in [-0.25, -0.2) is 0 Å². The highest BCUT2D eigenvalue weighted by Crippen LogP contribution is 2.29. The van der Waals surface area contributed by atoms with Crippen molar-refractivity contribution >= 4 is 21.9 Å². The number of carboxylic acid groups (broad SMARTS) is 1. The van der Waals surface area contributed by atoms with Crippen molar-refractivity contribution in [1.29, 1.82) is 0 Å². The SMILES string of the molecule is COc1cc(Br)ccc1[C@H](O)CC(=O)O. The first-order chi connectivity index (χ1) is 7.04. The fraction of sp³-hybridized carbons (Fsp3) is 0.300. The van der Waals surface area contributed by atoms with Crippen LogP contribution in [-0.4, -0.2) is 23.3 Å². The Morgan fingerprint density at radius 1 is 1.60 bits per heavy atom. The van der Waals surface area contributed by atoms with Crippen molar-refractivity contribution in [3.8, 4) is 5.75 Å². The largest absolute Gasteiger partial charge is 0.496 e. The van der Waals surface area contributed by atoms with E-state index in [0.29, 0.717) is 11.3 Å². The number of methoxy groups -OCH3 is 1. The van der Waals surface area contributed by atoms with Crippen LogP contribution >= 0.6 is 15.9 Å². The zero-order valence-electron chi connectivity index (χ0n) is 8.11. The Kier molecular flexibility index (Phi) is 4.11. The lowest BCUT2D eigenvalue weighted by atomic mass is 10.1. The summed E-state index contributed by atoms with van der Waals surface area (Å²) in [6.45, 7) is 0. The number of benzene rings is 1. The second-order valence-corrected chi connectivity index (χ2v) is 3.92. The number of ether oxygens (including phenoxy) is 1. The lowest BCUT2D eigenvalue weighted by molar-refractivity contribution is -0.139. The van der Waals surface area contributed by atoms with Gasteiger partial charge in [0.2, 0.25) is 0 Å². The topological polar surface area (TPSA) is 66.8 Å². The molecule has 0 heterocycles. The normalized spacial score (nSPS) is 12.2. The third kappa shape index (κ3) is 3.21. The minimum absolute atomic E-state index is 0.335. The molecule has 15 heavy (non-hydrogen) atoms. The summed E-state index contributed by atoms with van der Waals surface area (Å²) in [5.74, 6) is -0.578. The van der Waals surface area contributed by atoms with Gasteiger partial charge in [0.05, 0.1) is 19.6 Å². The van der Waals surface area contributed by atoms with Gasteiger partial charge >= 0.3 is 5.97 Å². The Morgan fingerprint density at radius 2 is 2.27 bits per heavy atom. The van der Waals surface area contributed by atoms with Crippen LogP contribution < -0.4 is 4.74 Å². The van der Waals surface area contributed by atoms with Crippen LogP contribution in [0.2, 0.25) is 0 Å². The maximum Gasteiger partial charge on any atom is 0.306 e. The summed E-state index contributed by atoms with van der Waals surface area (Å²) in [4.78, 5) is 10.4. The molecule has 0 aliphatic rings. The molecule has 0 aliphatic heterocycles. The monoisotopic (exact) mass is 274 g/mol. The Bertz CT molecular complexity index is 364. The molecule has 0 radical (unpaired) electrons. The first-order valence-corrected chi connectivity index (χ1v) is 5.07. The second kappa shape index (κ2) is 5.14. The Morgan fingerprint density at radius 3 is 2.80 bits per heavy atom. The summed E-state index contributed by atoms with van der Waals surface area (Å²) < 4.78 is 5.86. The van der Waals surface area contributed by atoms with Crippen LogP contribution in [0.4, 0.5) is 0 Å². The molecule has 1 aromatic carbocycles. The molecule has 1 rings (SSSR count). The van der Waals surface area contributed by atoms with E-state index in [-0.39, 0.29) is 6.42 Å². The van der Waals surface area contributed by atoms with Gasteiger partial charge in [0.25, 0.3) is 0 Å². The van der Waals surface area contributed by atoms with Crippen molar-refractivity contribution in [2.45, 2.75) is 12.5 Å². The molecule has 0 saturated heterocycles. The molecule has 0 amide bonds. The Labute approximate surface area is 95.6 Å². The molecule has 5 heteroatoms. The van der Waals surface area contributed by atoms with Crippen molar-refractivity contribution in [2.75, 3.05) is 7.11 Å². The first-order valence-electron chi connectivity index (χ1n) is 4.28. The van der Waals surface area contributed by atoms with Crippen molar-refractivity contribution in [3.63, 3.8) is 0 Å². The third-order valence-electron chi connectivity index (χ3n) is 1.92. The summed E-state index contributed by atoms with van der Waals surface area (Å²) in [6.07, 6.45) is -1.39. The number of hydrogen-bond acceptors (Lipinski definition) is 3. The van der Waals surface area contributed by atoms with Crippen molar-refractivity contribution in [1.82, 2.24) is 0 Å². The summed E-state index contributed by atoms with van der Waals surface area (Å²) in [5, 5.41) is 18.2. The van der Waals surface area contributed by atoms with Gasteiger partial charge in [0.15, 0.2) is 0 Å². The van der Waals surface area contributed by atoms with Crippen molar-refractivity contribution in [2.24, 2.45) is 0 Å². The molecular weight excluding hydrogens is 264 g/mol. The van der Waals surface area contributed by atoms with Crippen LogP contribution in [0.3, 0.4) is 0 Å². The summed E-state index contributed by atoms with van der Waals surface area (Å²) >= 11 is 3.26. The number of halogens is 1. The molecule has 1 atom stereocenters. The summed E-state index contributed by atoms with van der Waals surface area (Å²) in [6, 6.07) is 5.04. The van der Waals surface area contributed by atoms with E-state index >= 15 is 0 Å². The van der Waals surface area contributed by atoms with E-state index in [2.05, 4.69) is 15.9 Å². The highest BCUT2D eigenvalue weighted by Gasteiger charge is 2.16. The molecule has 0 saturated carbocycles. The molecule has 0 spiro atoms. The molecule has 0 bridgehead atoms. The zero-order chi connectivity index (χ0) is 11.4. The van der Waals surface area contributed by atoms with E-state index in [0.717, 1.165) is 4.47 Å². The molecule has 82 valence electrons. The van der Waals surface area contributed by atoms with E-state index in [1.54, 1.807) is 18.2 Å². The minimum Gasteiger partial charge on any atom is -0.496 e. The predicted octanol–water partition coefficient (Wildman–Crippen LogP) is 1.97. The quantitative estimate of drug-likeness (QED) is 0.881. The lowest BCUT2D eigenvalue weighted by Gasteiger charge is -2.13. The Hall–Kier alpha value is -1.07. The number of aliphatic hydroxyl groups is 1. The molecule has 0 aliphatic carbocycles. The zero-order valence-corrected chi connectivity index (χ0v) is 9.69. The molecule has 4 nitrogen and oxygen atoms in total. The highest BCUT2D eigenvalue weighted by molar-refractivity contribution is 9.10. The fourth-order valence-electron chi connectivity index (χ4n) is 1.24. The van der Waals surface area contributed by atoms with Gasteiger partial charge in [-0.15, -0.1) is 0 Å². The van der Waals surface area contributed by atoms with E-state index in [4.69, 9.17) is 9.84 Å². The third-order valence-corrected chi connectivity index (χ3v) is 2.42. The number of aliphatic carboxylic acids is 1. The van der Waals surface area contributed by atoms with Gasteiger partial charge in [-0.1, -0.05) is 22.0 Å². The standard InChI is InChI=1S/C10H11BrO4/c1-15-9-4-6(11)2-3-7(9)8(12)5-10(13)14/h2-4,8,12H,5H2,1H3,(H,13,14)/t8-/m1/s1. The van der Waals surface area contributed by atoms with E-state index in [1.165, 1.54) is 7.11 Å². The van der Waals surface area contributed by atoms with Gasteiger partial charge < -0.3 is 14.9 Å². The minimum atomic E-state index is -1.05. The first kappa shape index (κ1) is 12.0. The van der Waals surface area contributed by atoms with Crippen molar-refractivity contribution < 1.29 is 19.7 Å². The van der Waals surface area contributed by atoms with Gasteiger partial charge in [-0.2, -0.15) is 0 Å². The maximum atomic E-state index is 10.4. The number of carboxylic acids is 1. The van der Waals surface area contributed by atoms with E-state index < -0.39 is 12.1 Å². The predicted molar refractivity (Wildman–Crippen MR) is 57.9 cm³/mol. The van der Waals surface area contributed by atoms with Crippen LogP contribution in [0.25, 0.3) is 0 Å². The van der Waals surface area contributed by atoms with Gasteiger partial charge in [-0.05, 0) is 12.1 Å². The smallest absolute Gasteiger partial charge is 0.306 e. The number of hydrogen-bond donors (Lipinski definition) is 2. The molecule has 1 aromatic rings. The number of carbonyl (C=O) groups is 1. The van der Waals surface area contributed by atoms with Crippen LogP contribution in [0.5, 0.6) is 5.75 Å². The molecule has 0 aromatic heterocycles. The summed E-state index contributed by atoms with van der Waals surface area (Å²) in [5.41, 5.74) is 0.475. The Balaban J connectivity index is 2.97. The maximum absolute atomic E-state index is 10.4. The van der Waals surface area contributed by atoms with Crippen molar-refractivity contribution in [3.05, 3.63) is 28.2 Å². The summed E-state index contributed by atoms with van der Waals surface area (Å²) in [7, 11) is 1.47. The van der Waals surface area contributed by atoms with Crippen LogP contribution in [-0.2, 0) is 4.79 Å².